The first-order chi connectivity index (χ1) is 8.63. The smallest absolute Gasteiger partial charge is 0.177 e. The van der Waals surface area contributed by atoms with Gasteiger partial charge in [-0.05, 0) is 24.5 Å². The Morgan fingerprint density at radius 2 is 2.28 bits per heavy atom. The normalized spacial score (nSPS) is 10.6. The lowest BCUT2D eigenvalue weighted by atomic mass is 10.1. The van der Waals surface area contributed by atoms with Crippen molar-refractivity contribution in [3.8, 4) is 11.9 Å². The molecule has 0 atom stereocenters. The summed E-state index contributed by atoms with van der Waals surface area (Å²) in [5, 5.41) is 21.5. The van der Waals surface area contributed by atoms with Crippen LogP contribution in [-0.4, -0.2) is 20.0 Å². The maximum Gasteiger partial charge on any atom is 0.177 e. The summed E-state index contributed by atoms with van der Waals surface area (Å²) in [6.07, 6.45) is 2.27. The number of hydrogen-bond acceptors (Lipinski definition) is 4. The summed E-state index contributed by atoms with van der Waals surface area (Å²) >= 11 is 6.16. The minimum absolute atomic E-state index is 0.286. The first kappa shape index (κ1) is 12.5. The molecule has 5 nitrogen and oxygen atoms in total. The van der Waals surface area contributed by atoms with Crippen LogP contribution >= 0.6 is 11.6 Å². The van der Waals surface area contributed by atoms with Crippen molar-refractivity contribution in [2.45, 2.75) is 20.3 Å². The van der Waals surface area contributed by atoms with Crippen LogP contribution in [0, 0.1) is 17.2 Å². The van der Waals surface area contributed by atoms with E-state index in [1.165, 1.54) is 4.68 Å². The number of hydrogen-bond donors (Lipinski definition) is 0. The van der Waals surface area contributed by atoms with Gasteiger partial charge >= 0.3 is 0 Å². The summed E-state index contributed by atoms with van der Waals surface area (Å²) in [6, 6.07) is 5.58. The predicted molar refractivity (Wildman–Crippen MR) is 67.4 cm³/mol. The first-order valence-corrected chi connectivity index (χ1v) is 5.97. The molecule has 2 rings (SSSR count). The molecule has 0 saturated carbocycles. The Morgan fingerprint density at radius 3 is 2.83 bits per heavy atom. The zero-order valence-corrected chi connectivity index (χ0v) is 10.9. The van der Waals surface area contributed by atoms with Gasteiger partial charge < -0.3 is 0 Å². The van der Waals surface area contributed by atoms with E-state index in [-0.39, 0.29) is 5.15 Å². The molecule has 0 fully saturated rings. The largest absolute Gasteiger partial charge is 0.200 e. The van der Waals surface area contributed by atoms with E-state index in [1.807, 2.05) is 0 Å². The first-order valence-electron chi connectivity index (χ1n) is 5.59. The van der Waals surface area contributed by atoms with E-state index < -0.39 is 0 Å². The van der Waals surface area contributed by atoms with Crippen LogP contribution in [0.2, 0.25) is 5.15 Å². The molecule has 0 saturated heterocycles. The highest BCUT2D eigenvalue weighted by Crippen LogP contribution is 2.23. The van der Waals surface area contributed by atoms with Crippen molar-refractivity contribution in [3.05, 3.63) is 34.7 Å². The van der Waals surface area contributed by atoms with Crippen molar-refractivity contribution >= 4 is 11.6 Å². The van der Waals surface area contributed by atoms with Crippen molar-refractivity contribution in [3.63, 3.8) is 0 Å². The van der Waals surface area contributed by atoms with Crippen molar-refractivity contribution in [2.75, 3.05) is 0 Å². The quantitative estimate of drug-likeness (QED) is 0.851. The molecule has 0 aliphatic carbocycles. The Kier molecular flexibility index (Phi) is 3.58. The van der Waals surface area contributed by atoms with E-state index in [9.17, 15) is 0 Å². The molecule has 0 aliphatic heterocycles. The standard InChI is InChI=1S/C12H12ClN5/c1-8(2)6-10-9(7-14)12(13)18(17-10)11-4-3-5-15-16-11/h3-5,8H,6H2,1-2H3. The summed E-state index contributed by atoms with van der Waals surface area (Å²) in [7, 11) is 0. The molecule has 6 heteroatoms. The minimum Gasteiger partial charge on any atom is -0.200 e. The lowest BCUT2D eigenvalue weighted by Gasteiger charge is -2.00. The SMILES string of the molecule is CC(C)Cc1nn(-c2cccnn2)c(Cl)c1C#N. The topological polar surface area (TPSA) is 67.4 Å². The van der Waals surface area contributed by atoms with Gasteiger partial charge in [-0.3, -0.25) is 0 Å². The Balaban J connectivity index is 2.51. The van der Waals surface area contributed by atoms with Gasteiger partial charge in [0, 0.05) is 6.20 Å². The van der Waals surface area contributed by atoms with Crippen LogP contribution in [0.25, 0.3) is 5.82 Å². The van der Waals surface area contributed by atoms with Crippen molar-refractivity contribution in [1.29, 1.82) is 5.26 Å². The summed E-state index contributed by atoms with van der Waals surface area (Å²) in [5.41, 5.74) is 1.11. The van der Waals surface area contributed by atoms with Gasteiger partial charge in [0.1, 0.15) is 11.6 Å². The molecule has 0 amide bonds. The van der Waals surface area contributed by atoms with Crippen LogP contribution in [0.1, 0.15) is 25.1 Å². The third kappa shape index (κ3) is 2.34. The van der Waals surface area contributed by atoms with E-state index in [1.54, 1.807) is 18.3 Å². The van der Waals surface area contributed by atoms with Gasteiger partial charge in [-0.2, -0.15) is 15.5 Å². The fourth-order valence-electron chi connectivity index (χ4n) is 1.64. The molecular formula is C12H12ClN5. The van der Waals surface area contributed by atoms with Crippen LogP contribution in [0.3, 0.4) is 0 Å². The highest BCUT2D eigenvalue weighted by Gasteiger charge is 2.18. The van der Waals surface area contributed by atoms with Crippen LogP contribution in [0.4, 0.5) is 0 Å². The molecule has 18 heavy (non-hydrogen) atoms. The molecule has 0 bridgehead atoms. The monoisotopic (exact) mass is 261 g/mol. The average Bonchev–Trinajstić information content (AvgIpc) is 2.66. The second-order valence-electron chi connectivity index (χ2n) is 4.32. The number of aromatic nitrogens is 4. The molecule has 2 aromatic rings. The summed E-state index contributed by atoms with van der Waals surface area (Å²) in [5.74, 6) is 0.910. The fraction of sp³-hybridized carbons (Fsp3) is 0.333. The number of rotatable bonds is 3. The van der Waals surface area contributed by atoms with Crippen LogP contribution in [-0.2, 0) is 6.42 Å². The van der Waals surface area contributed by atoms with Gasteiger partial charge in [0.15, 0.2) is 11.0 Å². The Bertz CT molecular complexity index is 583. The minimum atomic E-state index is 0.286. The number of halogens is 1. The molecule has 0 radical (unpaired) electrons. The number of nitrogens with zero attached hydrogens (tertiary/aromatic N) is 5. The Labute approximate surface area is 110 Å². The third-order valence-electron chi connectivity index (χ3n) is 2.39. The molecule has 92 valence electrons. The predicted octanol–water partition coefficient (Wildman–Crippen LogP) is 2.39. The Morgan fingerprint density at radius 1 is 1.50 bits per heavy atom. The van der Waals surface area contributed by atoms with Crippen LogP contribution in [0.15, 0.2) is 18.3 Å². The maximum atomic E-state index is 9.15. The average molecular weight is 262 g/mol. The van der Waals surface area contributed by atoms with E-state index in [0.717, 1.165) is 0 Å². The van der Waals surface area contributed by atoms with Gasteiger partial charge in [-0.15, -0.1) is 5.10 Å². The molecule has 0 aliphatic rings. The molecule has 0 unspecified atom stereocenters. The third-order valence-corrected chi connectivity index (χ3v) is 2.74. The van der Waals surface area contributed by atoms with Crippen molar-refractivity contribution < 1.29 is 0 Å². The maximum absolute atomic E-state index is 9.15. The Hall–Kier alpha value is -1.93. The van der Waals surface area contributed by atoms with Crippen LogP contribution < -0.4 is 0 Å². The second-order valence-corrected chi connectivity index (χ2v) is 4.67. The fourth-order valence-corrected chi connectivity index (χ4v) is 1.91. The molecule has 0 N–H and O–H groups in total. The van der Waals surface area contributed by atoms with E-state index in [4.69, 9.17) is 16.9 Å². The lowest BCUT2D eigenvalue weighted by molar-refractivity contribution is 0.626. The van der Waals surface area contributed by atoms with E-state index in [0.29, 0.717) is 29.4 Å². The summed E-state index contributed by atoms with van der Waals surface area (Å²) in [4.78, 5) is 0. The van der Waals surface area contributed by atoms with E-state index in [2.05, 4.69) is 35.2 Å². The van der Waals surface area contributed by atoms with Gasteiger partial charge in [0.05, 0.1) is 5.69 Å². The van der Waals surface area contributed by atoms with E-state index >= 15 is 0 Å². The van der Waals surface area contributed by atoms with Gasteiger partial charge in [0.25, 0.3) is 0 Å². The number of nitriles is 1. The lowest BCUT2D eigenvalue weighted by Crippen LogP contribution is -2.02. The van der Waals surface area contributed by atoms with Crippen molar-refractivity contribution in [2.24, 2.45) is 5.92 Å². The summed E-state index contributed by atoms with van der Waals surface area (Å²) in [6.45, 7) is 4.13. The summed E-state index contributed by atoms with van der Waals surface area (Å²) < 4.78 is 1.45. The highest BCUT2D eigenvalue weighted by atomic mass is 35.5. The van der Waals surface area contributed by atoms with Crippen molar-refractivity contribution in [1.82, 2.24) is 20.0 Å². The molecule has 2 aromatic heterocycles. The van der Waals surface area contributed by atoms with Gasteiger partial charge in [0.2, 0.25) is 0 Å². The second kappa shape index (κ2) is 5.15. The highest BCUT2D eigenvalue weighted by molar-refractivity contribution is 6.31. The van der Waals surface area contributed by atoms with Crippen LogP contribution in [0.5, 0.6) is 0 Å². The molecule has 0 aromatic carbocycles. The zero-order chi connectivity index (χ0) is 13.1. The van der Waals surface area contributed by atoms with Gasteiger partial charge in [-0.1, -0.05) is 25.4 Å². The molecular weight excluding hydrogens is 250 g/mol. The zero-order valence-electron chi connectivity index (χ0n) is 10.1. The van der Waals surface area contributed by atoms with Gasteiger partial charge in [-0.25, -0.2) is 4.68 Å². The molecule has 2 heterocycles. The molecule has 0 spiro atoms.